The lowest BCUT2D eigenvalue weighted by molar-refractivity contribution is 0.828. The Morgan fingerprint density at radius 3 is 2.64 bits per heavy atom. The minimum Gasteiger partial charge on any atom is -0.0811 e. The molecule has 0 amide bonds. The zero-order valence-corrected chi connectivity index (χ0v) is 10.3. The van der Waals surface area contributed by atoms with Crippen molar-refractivity contribution in [2.24, 2.45) is 0 Å². The van der Waals surface area contributed by atoms with E-state index in [1.54, 1.807) is 11.1 Å². The first-order valence-corrected chi connectivity index (χ1v) is 6.28. The van der Waals surface area contributed by atoms with Gasteiger partial charge in [0.15, 0.2) is 0 Å². The third-order valence-electron chi connectivity index (χ3n) is 2.21. The maximum Gasteiger partial charge on any atom is 0.0257 e. The minimum atomic E-state index is 1.14. The summed E-state index contributed by atoms with van der Waals surface area (Å²) >= 11 is 4.90. The van der Waals surface area contributed by atoms with Gasteiger partial charge in [0.05, 0.1) is 0 Å². The van der Waals surface area contributed by atoms with Crippen LogP contribution in [0.25, 0.3) is 0 Å². The first kappa shape index (κ1) is 8.29. The lowest BCUT2D eigenvalue weighted by Crippen LogP contribution is -2.11. The number of fused-ring (bicyclic) bond motifs is 1. The summed E-state index contributed by atoms with van der Waals surface area (Å²) in [7, 11) is 0. The van der Waals surface area contributed by atoms with Crippen LogP contribution in [0.4, 0.5) is 0 Å². The van der Waals surface area contributed by atoms with E-state index in [1.165, 1.54) is 22.0 Å². The lowest BCUT2D eigenvalue weighted by atomic mass is 9.87. The molecule has 0 aromatic heterocycles. The second-order valence-electron chi connectivity index (χ2n) is 2.81. The van der Waals surface area contributed by atoms with E-state index in [1.807, 2.05) is 0 Å². The average molecular weight is 370 g/mol. The van der Waals surface area contributed by atoms with Crippen LogP contribution in [0.3, 0.4) is 0 Å². The van der Waals surface area contributed by atoms with Gasteiger partial charge in [-0.2, -0.15) is 0 Å². The molecule has 58 valence electrons. The highest BCUT2D eigenvalue weighted by atomic mass is 127. The molecule has 11 heavy (non-hydrogen) atoms. The molecule has 1 aromatic rings. The van der Waals surface area contributed by atoms with Gasteiger partial charge in [-0.3, -0.25) is 0 Å². The van der Waals surface area contributed by atoms with Crippen molar-refractivity contribution in [1.29, 1.82) is 0 Å². The smallest absolute Gasteiger partial charge is 0.0257 e. The molecule has 0 heterocycles. The Hall–Kier alpha value is 0.680. The van der Waals surface area contributed by atoms with Gasteiger partial charge in [0.2, 0.25) is 0 Å². The lowest BCUT2D eigenvalue weighted by Gasteiger charge is -2.21. The molecule has 0 radical (unpaired) electrons. The molecule has 0 aliphatic heterocycles. The molecule has 0 fully saturated rings. The average Bonchev–Trinajstić information content (AvgIpc) is 1.93. The highest BCUT2D eigenvalue weighted by Crippen LogP contribution is 2.30. The van der Waals surface area contributed by atoms with Crippen LogP contribution in [0.1, 0.15) is 16.7 Å². The van der Waals surface area contributed by atoms with Gasteiger partial charge in [0.1, 0.15) is 0 Å². The minimum absolute atomic E-state index is 1.14. The molecule has 0 nitrogen and oxygen atoms in total. The zero-order valence-electron chi connectivity index (χ0n) is 6.03. The maximum absolute atomic E-state index is 2.48. The maximum atomic E-state index is 2.48. The summed E-state index contributed by atoms with van der Waals surface area (Å²) in [5.41, 5.74) is 4.69. The molecular formula is C9H8I2. The normalized spacial score (nSPS) is 14.0. The number of hydrogen-bond donors (Lipinski definition) is 0. The van der Waals surface area contributed by atoms with Crippen LogP contribution in [0.15, 0.2) is 12.1 Å². The summed E-state index contributed by atoms with van der Waals surface area (Å²) in [5.74, 6) is 0. The predicted molar refractivity (Wildman–Crippen MR) is 64.3 cm³/mol. The second-order valence-corrected chi connectivity index (χ2v) is 4.65. The van der Waals surface area contributed by atoms with Crippen LogP contribution in [0, 0.1) is 3.57 Å². The van der Waals surface area contributed by atoms with Gasteiger partial charge in [-0.1, -0.05) is 34.7 Å². The Labute approximate surface area is 94.0 Å². The van der Waals surface area contributed by atoms with Crippen molar-refractivity contribution in [3.05, 3.63) is 32.4 Å². The fourth-order valence-corrected chi connectivity index (χ4v) is 3.75. The molecule has 2 rings (SSSR count). The molecule has 1 aliphatic rings. The topological polar surface area (TPSA) is 0 Å². The Kier molecular flexibility index (Phi) is 2.41. The fraction of sp³-hybridized carbons (Fsp3) is 0.333. The van der Waals surface area contributed by atoms with E-state index in [0.717, 1.165) is 4.43 Å². The SMILES string of the molecule is ICc1ccc2c(c1I)CC2. The molecule has 0 saturated heterocycles. The number of benzene rings is 1. The van der Waals surface area contributed by atoms with Gasteiger partial charge >= 0.3 is 0 Å². The van der Waals surface area contributed by atoms with Crippen LogP contribution >= 0.6 is 45.2 Å². The molecule has 0 saturated carbocycles. The summed E-state index contributed by atoms with van der Waals surface area (Å²) in [6.45, 7) is 0. The molecule has 2 heteroatoms. The third kappa shape index (κ3) is 1.32. The van der Waals surface area contributed by atoms with E-state index in [2.05, 4.69) is 57.3 Å². The molecule has 0 bridgehead atoms. The van der Waals surface area contributed by atoms with Crippen molar-refractivity contribution in [1.82, 2.24) is 0 Å². The third-order valence-corrected chi connectivity index (χ3v) is 4.37. The van der Waals surface area contributed by atoms with Crippen LogP contribution < -0.4 is 0 Å². The highest BCUT2D eigenvalue weighted by molar-refractivity contribution is 14.1. The fourth-order valence-electron chi connectivity index (χ4n) is 1.40. The van der Waals surface area contributed by atoms with Crippen LogP contribution in [-0.4, -0.2) is 0 Å². The van der Waals surface area contributed by atoms with E-state index in [9.17, 15) is 0 Å². The largest absolute Gasteiger partial charge is 0.0811 e. The van der Waals surface area contributed by atoms with Gasteiger partial charge in [-0.25, -0.2) is 0 Å². The van der Waals surface area contributed by atoms with Crippen LogP contribution in [-0.2, 0) is 17.3 Å². The molecule has 0 atom stereocenters. The summed E-state index contributed by atoms with van der Waals surface area (Å²) in [5, 5.41) is 0. The zero-order chi connectivity index (χ0) is 7.84. The Morgan fingerprint density at radius 1 is 1.27 bits per heavy atom. The van der Waals surface area contributed by atoms with E-state index < -0.39 is 0 Å². The Bertz CT molecular complexity index is 292. The van der Waals surface area contributed by atoms with Gasteiger partial charge in [-0.05, 0) is 52.1 Å². The van der Waals surface area contributed by atoms with Crippen molar-refractivity contribution in [2.45, 2.75) is 17.3 Å². The number of hydrogen-bond acceptors (Lipinski definition) is 0. The monoisotopic (exact) mass is 370 g/mol. The molecule has 0 spiro atoms. The number of aryl methyl sites for hydroxylation is 1. The van der Waals surface area contributed by atoms with Crippen molar-refractivity contribution in [3.63, 3.8) is 0 Å². The molecular weight excluding hydrogens is 362 g/mol. The second kappa shape index (κ2) is 3.20. The van der Waals surface area contributed by atoms with Gasteiger partial charge in [0.25, 0.3) is 0 Å². The Morgan fingerprint density at radius 2 is 2.09 bits per heavy atom. The number of alkyl halides is 1. The molecule has 0 N–H and O–H groups in total. The van der Waals surface area contributed by atoms with Crippen LogP contribution in [0.2, 0.25) is 0 Å². The Balaban J connectivity index is 2.54. The van der Waals surface area contributed by atoms with Gasteiger partial charge in [0, 0.05) is 8.00 Å². The summed E-state index contributed by atoms with van der Waals surface area (Å²) in [6.07, 6.45) is 2.60. The van der Waals surface area contributed by atoms with E-state index in [-0.39, 0.29) is 0 Å². The van der Waals surface area contributed by atoms with Gasteiger partial charge in [-0.15, -0.1) is 0 Å². The summed E-state index contributed by atoms with van der Waals surface area (Å²) in [4.78, 5) is 0. The first-order chi connectivity index (χ1) is 5.33. The predicted octanol–water partition coefficient (Wildman–Crippen LogP) is 3.32. The quantitative estimate of drug-likeness (QED) is 0.526. The van der Waals surface area contributed by atoms with Gasteiger partial charge < -0.3 is 0 Å². The highest BCUT2D eigenvalue weighted by Gasteiger charge is 2.17. The summed E-state index contributed by atoms with van der Waals surface area (Å²) in [6, 6.07) is 4.56. The van der Waals surface area contributed by atoms with E-state index in [4.69, 9.17) is 0 Å². The molecule has 1 aliphatic carbocycles. The number of rotatable bonds is 1. The number of halogens is 2. The summed E-state index contributed by atoms with van der Waals surface area (Å²) < 4.78 is 2.66. The van der Waals surface area contributed by atoms with Crippen molar-refractivity contribution in [2.75, 3.05) is 0 Å². The van der Waals surface area contributed by atoms with Crippen LogP contribution in [0.5, 0.6) is 0 Å². The van der Waals surface area contributed by atoms with Crippen molar-refractivity contribution < 1.29 is 0 Å². The molecule has 1 aromatic carbocycles. The van der Waals surface area contributed by atoms with Crippen molar-refractivity contribution >= 4 is 45.2 Å². The molecule has 0 unspecified atom stereocenters. The van der Waals surface area contributed by atoms with Crippen molar-refractivity contribution in [3.8, 4) is 0 Å². The standard InChI is InChI=1S/C9H8I2/c10-5-7-2-1-6-3-4-8(6)9(7)11/h1-2H,3-5H2. The van der Waals surface area contributed by atoms with E-state index in [0.29, 0.717) is 0 Å². The first-order valence-electron chi connectivity index (χ1n) is 3.68. The van der Waals surface area contributed by atoms with E-state index >= 15 is 0 Å².